The zero-order valence-corrected chi connectivity index (χ0v) is 16.7. The van der Waals surface area contributed by atoms with Crippen molar-refractivity contribution in [3.05, 3.63) is 64.2 Å². The predicted octanol–water partition coefficient (Wildman–Crippen LogP) is 3.33. The third kappa shape index (κ3) is 3.31. The van der Waals surface area contributed by atoms with E-state index in [0.29, 0.717) is 25.0 Å². The number of nitrogens with zero attached hydrogens (tertiary/aromatic N) is 2. The summed E-state index contributed by atoms with van der Waals surface area (Å²) in [5.74, 6) is -2.83. The van der Waals surface area contributed by atoms with Gasteiger partial charge in [-0.15, -0.1) is 0 Å². The lowest BCUT2D eigenvalue weighted by Gasteiger charge is -2.30. The Hall–Kier alpha value is -3.13. The standard InChI is InChI=1S/C23H20F2N2O4/c24-15-9-13-3-1-7-26(20(13)19(25)11-15)21(28)14-5-6-17-18(10-14)23(30)27(22(17)29)12-16-4-2-8-31-16/h5-6,9-11,16H,1-4,7-8,12H2. The molecule has 0 spiro atoms. The molecule has 1 atom stereocenters. The zero-order valence-electron chi connectivity index (χ0n) is 16.7. The highest BCUT2D eigenvalue weighted by molar-refractivity contribution is 6.22. The highest BCUT2D eigenvalue weighted by Gasteiger charge is 2.38. The van der Waals surface area contributed by atoms with E-state index in [9.17, 15) is 23.2 Å². The molecule has 0 bridgehead atoms. The van der Waals surface area contributed by atoms with E-state index in [-0.39, 0.29) is 41.6 Å². The maximum atomic E-state index is 14.5. The molecule has 1 fully saturated rings. The third-order valence-corrected chi connectivity index (χ3v) is 6.08. The quantitative estimate of drug-likeness (QED) is 0.707. The number of amides is 3. The molecule has 160 valence electrons. The minimum atomic E-state index is -0.793. The van der Waals surface area contributed by atoms with E-state index in [1.807, 2.05) is 0 Å². The van der Waals surface area contributed by atoms with Crippen LogP contribution in [0, 0.1) is 11.6 Å². The number of fused-ring (bicyclic) bond motifs is 2. The number of imide groups is 1. The third-order valence-electron chi connectivity index (χ3n) is 6.08. The van der Waals surface area contributed by atoms with Crippen molar-refractivity contribution in [3.8, 4) is 0 Å². The lowest BCUT2D eigenvalue weighted by molar-refractivity contribution is 0.0475. The van der Waals surface area contributed by atoms with Crippen LogP contribution in [0.5, 0.6) is 0 Å². The van der Waals surface area contributed by atoms with Crippen LogP contribution in [0.15, 0.2) is 30.3 Å². The second-order valence-corrected chi connectivity index (χ2v) is 8.07. The zero-order chi connectivity index (χ0) is 21.7. The average molecular weight is 426 g/mol. The fraction of sp³-hybridized carbons (Fsp3) is 0.348. The largest absolute Gasteiger partial charge is 0.376 e. The second kappa shape index (κ2) is 7.53. The molecular weight excluding hydrogens is 406 g/mol. The Balaban J connectivity index is 1.44. The van der Waals surface area contributed by atoms with E-state index < -0.39 is 29.4 Å². The van der Waals surface area contributed by atoms with Crippen molar-refractivity contribution in [1.82, 2.24) is 4.90 Å². The summed E-state index contributed by atoms with van der Waals surface area (Å²) >= 11 is 0. The van der Waals surface area contributed by atoms with E-state index in [1.165, 1.54) is 29.2 Å². The molecule has 0 aliphatic carbocycles. The number of halogens is 2. The Kier molecular flexibility index (Phi) is 4.81. The topological polar surface area (TPSA) is 66.9 Å². The number of hydrogen-bond acceptors (Lipinski definition) is 4. The molecule has 8 heteroatoms. The SMILES string of the molecule is O=C1c2ccc(C(=O)N3CCCc4cc(F)cc(F)c43)cc2C(=O)N1CC1CCCO1. The van der Waals surface area contributed by atoms with Gasteiger partial charge in [0.2, 0.25) is 0 Å². The Morgan fingerprint density at radius 3 is 2.65 bits per heavy atom. The molecule has 3 aliphatic rings. The summed E-state index contributed by atoms with van der Waals surface area (Å²) in [6, 6.07) is 6.33. The van der Waals surface area contributed by atoms with Gasteiger partial charge in [0.05, 0.1) is 29.5 Å². The fourth-order valence-corrected chi connectivity index (χ4v) is 4.59. The number of rotatable bonds is 3. The van der Waals surface area contributed by atoms with Gasteiger partial charge in [-0.2, -0.15) is 0 Å². The molecule has 0 aromatic heterocycles. The number of carbonyl (C=O) groups excluding carboxylic acids is 3. The van der Waals surface area contributed by atoms with E-state index in [4.69, 9.17) is 4.74 Å². The smallest absolute Gasteiger partial charge is 0.261 e. The average Bonchev–Trinajstić information content (AvgIpc) is 3.35. The van der Waals surface area contributed by atoms with Gasteiger partial charge < -0.3 is 9.64 Å². The van der Waals surface area contributed by atoms with Crippen LogP contribution in [0.4, 0.5) is 14.5 Å². The van der Waals surface area contributed by atoms with Crippen LogP contribution in [-0.2, 0) is 11.2 Å². The molecule has 3 aliphatic heterocycles. The molecule has 2 aromatic carbocycles. The van der Waals surface area contributed by atoms with Crippen LogP contribution in [0.25, 0.3) is 0 Å². The van der Waals surface area contributed by atoms with Crippen molar-refractivity contribution in [2.45, 2.75) is 31.8 Å². The fourth-order valence-electron chi connectivity index (χ4n) is 4.59. The first kappa shape index (κ1) is 19.8. The van der Waals surface area contributed by atoms with Crippen LogP contribution in [-0.4, -0.2) is 48.4 Å². The number of ether oxygens (including phenoxy) is 1. The van der Waals surface area contributed by atoms with Crippen molar-refractivity contribution in [1.29, 1.82) is 0 Å². The van der Waals surface area contributed by atoms with Gasteiger partial charge in [0.15, 0.2) is 0 Å². The van der Waals surface area contributed by atoms with Crippen molar-refractivity contribution < 1.29 is 27.9 Å². The van der Waals surface area contributed by atoms with Crippen LogP contribution in [0.3, 0.4) is 0 Å². The van der Waals surface area contributed by atoms with Gasteiger partial charge in [0.1, 0.15) is 11.6 Å². The molecule has 3 heterocycles. The summed E-state index contributed by atoms with van der Waals surface area (Å²) < 4.78 is 33.6. The van der Waals surface area contributed by atoms with Gasteiger partial charge in [-0.1, -0.05) is 0 Å². The van der Waals surface area contributed by atoms with Gasteiger partial charge in [0.25, 0.3) is 17.7 Å². The monoisotopic (exact) mass is 426 g/mol. The van der Waals surface area contributed by atoms with Crippen molar-refractivity contribution in [3.63, 3.8) is 0 Å². The van der Waals surface area contributed by atoms with Crippen LogP contribution >= 0.6 is 0 Å². The number of carbonyl (C=O) groups is 3. The molecule has 0 radical (unpaired) electrons. The number of aryl methyl sites for hydroxylation is 1. The first-order valence-corrected chi connectivity index (χ1v) is 10.4. The van der Waals surface area contributed by atoms with Gasteiger partial charge in [-0.25, -0.2) is 8.78 Å². The van der Waals surface area contributed by atoms with Crippen LogP contribution in [0.2, 0.25) is 0 Å². The van der Waals surface area contributed by atoms with Gasteiger partial charge >= 0.3 is 0 Å². The molecular formula is C23H20F2N2O4. The Labute approximate surface area is 177 Å². The van der Waals surface area contributed by atoms with E-state index in [2.05, 4.69) is 0 Å². The van der Waals surface area contributed by atoms with E-state index in [0.717, 1.165) is 23.8 Å². The Morgan fingerprint density at radius 1 is 1.06 bits per heavy atom. The van der Waals surface area contributed by atoms with Crippen LogP contribution < -0.4 is 4.90 Å². The lowest BCUT2D eigenvalue weighted by Crippen LogP contribution is -2.37. The molecule has 3 amide bonds. The van der Waals surface area contributed by atoms with E-state index >= 15 is 0 Å². The van der Waals surface area contributed by atoms with Gasteiger partial charge in [0, 0.05) is 24.8 Å². The highest BCUT2D eigenvalue weighted by Crippen LogP contribution is 2.33. The van der Waals surface area contributed by atoms with Gasteiger partial charge in [-0.3, -0.25) is 19.3 Å². The molecule has 0 N–H and O–H groups in total. The molecule has 1 unspecified atom stereocenters. The first-order chi connectivity index (χ1) is 14.9. The summed E-state index contributed by atoms with van der Waals surface area (Å²) in [6.07, 6.45) is 2.56. The minimum absolute atomic E-state index is 0.0700. The van der Waals surface area contributed by atoms with Crippen molar-refractivity contribution in [2.75, 3.05) is 24.6 Å². The summed E-state index contributed by atoms with van der Waals surface area (Å²) in [5, 5.41) is 0. The number of anilines is 1. The molecule has 0 saturated carbocycles. The predicted molar refractivity (Wildman–Crippen MR) is 107 cm³/mol. The summed E-state index contributed by atoms with van der Waals surface area (Å²) in [6.45, 7) is 1.08. The highest BCUT2D eigenvalue weighted by atomic mass is 19.1. The van der Waals surface area contributed by atoms with Crippen molar-refractivity contribution >= 4 is 23.4 Å². The molecule has 6 nitrogen and oxygen atoms in total. The maximum Gasteiger partial charge on any atom is 0.261 e. The summed E-state index contributed by atoms with van der Waals surface area (Å²) in [4.78, 5) is 41.2. The Bertz CT molecular complexity index is 1110. The Morgan fingerprint density at radius 2 is 1.87 bits per heavy atom. The summed E-state index contributed by atoms with van der Waals surface area (Å²) in [7, 11) is 0. The number of hydrogen-bond donors (Lipinski definition) is 0. The minimum Gasteiger partial charge on any atom is -0.376 e. The van der Waals surface area contributed by atoms with Gasteiger partial charge in [-0.05, 0) is 55.5 Å². The molecule has 2 aromatic rings. The molecule has 5 rings (SSSR count). The maximum absolute atomic E-state index is 14.5. The summed E-state index contributed by atoms with van der Waals surface area (Å²) in [5.41, 5.74) is 1.08. The molecule has 1 saturated heterocycles. The van der Waals surface area contributed by atoms with Crippen LogP contribution in [0.1, 0.15) is 55.9 Å². The molecule has 31 heavy (non-hydrogen) atoms. The first-order valence-electron chi connectivity index (χ1n) is 10.4. The number of benzene rings is 2. The normalized spacial score (nSPS) is 20.3. The van der Waals surface area contributed by atoms with E-state index in [1.54, 1.807) is 0 Å². The second-order valence-electron chi connectivity index (χ2n) is 8.07. The van der Waals surface area contributed by atoms with Crippen molar-refractivity contribution in [2.24, 2.45) is 0 Å². The lowest BCUT2D eigenvalue weighted by atomic mass is 9.99.